The van der Waals surface area contributed by atoms with Crippen molar-refractivity contribution in [1.82, 2.24) is 0 Å². The van der Waals surface area contributed by atoms with Gasteiger partial charge in [-0.1, -0.05) is 20.8 Å². The second kappa shape index (κ2) is 5.07. The summed E-state index contributed by atoms with van der Waals surface area (Å²) in [7, 11) is 0. The Bertz CT molecular complexity index is 164. The van der Waals surface area contributed by atoms with Crippen molar-refractivity contribution in [2.24, 2.45) is 11.3 Å². The monoisotopic (exact) mass is 206 g/mol. The van der Waals surface area contributed by atoms with E-state index in [9.17, 15) is 10.2 Å². The number of hydrogen-bond donors (Lipinski definition) is 4. The second-order valence-corrected chi connectivity index (χ2v) is 4.84. The van der Waals surface area contributed by atoms with Crippen molar-refractivity contribution in [2.75, 3.05) is 19.8 Å². The van der Waals surface area contributed by atoms with E-state index >= 15 is 0 Å². The first kappa shape index (κ1) is 13.8. The molecule has 0 bridgehead atoms. The summed E-state index contributed by atoms with van der Waals surface area (Å²) in [6, 6.07) is 0. The lowest BCUT2D eigenvalue weighted by atomic mass is 9.70. The van der Waals surface area contributed by atoms with E-state index in [1.54, 1.807) is 0 Å². The van der Waals surface area contributed by atoms with E-state index in [0.29, 0.717) is 0 Å². The van der Waals surface area contributed by atoms with Crippen molar-refractivity contribution in [2.45, 2.75) is 32.8 Å². The molecule has 4 nitrogen and oxygen atoms in total. The van der Waals surface area contributed by atoms with Crippen molar-refractivity contribution in [1.29, 1.82) is 0 Å². The van der Waals surface area contributed by atoms with Gasteiger partial charge in [-0.25, -0.2) is 0 Å². The van der Waals surface area contributed by atoms with Crippen LogP contribution in [-0.4, -0.2) is 45.8 Å². The predicted octanol–water partition coefficient (Wildman–Crippen LogP) is -0.253. The van der Waals surface area contributed by atoms with Crippen LogP contribution in [0.1, 0.15) is 27.2 Å². The van der Waals surface area contributed by atoms with E-state index in [-0.39, 0.29) is 25.0 Å². The lowest BCUT2D eigenvalue weighted by Crippen LogP contribution is -2.50. The number of hydrogen-bond acceptors (Lipinski definition) is 4. The molecule has 0 aliphatic carbocycles. The zero-order chi connectivity index (χ0) is 11.4. The van der Waals surface area contributed by atoms with E-state index in [2.05, 4.69) is 0 Å². The van der Waals surface area contributed by atoms with Crippen LogP contribution in [0.5, 0.6) is 0 Å². The van der Waals surface area contributed by atoms with E-state index in [4.69, 9.17) is 10.2 Å². The first-order valence-electron chi connectivity index (χ1n) is 4.86. The molecule has 0 rings (SSSR count). The van der Waals surface area contributed by atoms with Gasteiger partial charge in [0.15, 0.2) is 0 Å². The highest BCUT2D eigenvalue weighted by Gasteiger charge is 2.42. The summed E-state index contributed by atoms with van der Waals surface area (Å²) in [5, 5.41) is 37.1. The van der Waals surface area contributed by atoms with Gasteiger partial charge in [0.2, 0.25) is 0 Å². The van der Waals surface area contributed by atoms with Crippen LogP contribution in [0.25, 0.3) is 0 Å². The quantitative estimate of drug-likeness (QED) is 0.500. The molecule has 0 saturated heterocycles. The summed E-state index contributed by atoms with van der Waals surface area (Å²) < 4.78 is 0. The predicted molar refractivity (Wildman–Crippen MR) is 53.8 cm³/mol. The average Bonchev–Trinajstić information content (AvgIpc) is 2.03. The summed E-state index contributed by atoms with van der Waals surface area (Å²) in [4.78, 5) is 0. The van der Waals surface area contributed by atoms with Gasteiger partial charge in [0, 0.05) is 25.6 Å². The largest absolute Gasteiger partial charge is 0.396 e. The van der Waals surface area contributed by atoms with Crippen LogP contribution < -0.4 is 0 Å². The normalized spacial score (nSPS) is 19.1. The topological polar surface area (TPSA) is 80.9 Å². The molecule has 0 aliphatic heterocycles. The van der Waals surface area contributed by atoms with Gasteiger partial charge in [0.05, 0.1) is 12.2 Å². The molecule has 0 amide bonds. The minimum Gasteiger partial charge on any atom is -0.396 e. The minimum absolute atomic E-state index is 0.0754. The van der Waals surface area contributed by atoms with Crippen molar-refractivity contribution in [3.05, 3.63) is 0 Å². The van der Waals surface area contributed by atoms with Gasteiger partial charge in [-0.15, -0.1) is 0 Å². The Kier molecular flexibility index (Phi) is 5.01. The molecule has 0 aliphatic rings. The molecule has 2 unspecified atom stereocenters. The van der Waals surface area contributed by atoms with E-state index in [1.807, 2.05) is 20.8 Å². The van der Waals surface area contributed by atoms with E-state index in [1.165, 1.54) is 0 Å². The SMILES string of the molecule is CC(C)(C)C(CO)C(O)(CO)CCO. The molecule has 86 valence electrons. The molecular weight excluding hydrogens is 184 g/mol. The van der Waals surface area contributed by atoms with Crippen LogP contribution in [0.3, 0.4) is 0 Å². The third-order valence-electron chi connectivity index (χ3n) is 2.70. The fourth-order valence-corrected chi connectivity index (χ4v) is 1.81. The van der Waals surface area contributed by atoms with Crippen molar-refractivity contribution in [3.8, 4) is 0 Å². The molecule has 0 heterocycles. The van der Waals surface area contributed by atoms with Crippen LogP contribution in [0, 0.1) is 11.3 Å². The van der Waals surface area contributed by atoms with Crippen LogP contribution in [0.2, 0.25) is 0 Å². The Balaban J connectivity index is 4.77. The first-order chi connectivity index (χ1) is 6.31. The Morgan fingerprint density at radius 3 is 1.79 bits per heavy atom. The Morgan fingerprint density at radius 1 is 1.07 bits per heavy atom. The third kappa shape index (κ3) is 3.20. The van der Waals surface area contributed by atoms with Crippen molar-refractivity contribution in [3.63, 3.8) is 0 Å². The second-order valence-electron chi connectivity index (χ2n) is 4.84. The Hall–Kier alpha value is -0.160. The number of aliphatic hydroxyl groups is 4. The lowest BCUT2D eigenvalue weighted by molar-refractivity contribution is -0.122. The van der Waals surface area contributed by atoms with Gasteiger partial charge < -0.3 is 20.4 Å². The van der Waals surface area contributed by atoms with Gasteiger partial charge in [0.25, 0.3) is 0 Å². The molecule has 0 aromatic heterocycles. The highest BCUT2D eigenvalue weighted by atomic mass is 16.3. The summed E-state index contributed by atoms with van der Waals surface area (Å²) >= 11 is 0. The smallest absolute Gasteiger partial charge is 0.0953 e. The van der Waals surface area contributed by atoms with Gasteiger partial charge in [-0.05, 0) is 5.41 Å². The summed E-state index contributed by atoms with van der Waals surface area (Å²) in [5.74, 6) is -0.452. The molecule has 0 aromatic rings. The average molecular weight is 206 g/mol. The van der Waals surface area contributed by atoms with E-state index in [0.717, 1.165) is 0 Å². The molecule has 4 heteroatoms. The Morgan fingerprint density at radius 2 is 1.57 bits per heavy atom. The van der Waals surface area contributed by atoms with Crippen LogP contribution >= 0.6 is 0 Å². The zero-order valence-electron chi connectivity index (χ0n) is 9.19. The summed E-state index contributed by atoms with van der Waals surface area (Å²) in [6.07, 6.45) is 0.0754. The first-order valence-corrected chi connectivity index (χ1v) is 4.86. The van der Waals surface area contributed by atoms with Gasteiger partial charge >= 0.3 is 0 Å². The minimum atomic E-state index is -1.40. The number of aliphatic hydroxyl groups excluding tert-OH is 3. The molecule has 4 N–H and O–H groups in total. The van der Waals surface area contributed by atoms with Crippen molar-refractivity contribution < 1.29 is 20.4 Å². The van der Waals surface area contributed by atoms with E-state index < -0.39 is 18.1 Å². The third-order valence-corrected chi connectivity index (χ3v) is 2.70. The summed E-state index contributed by atoms with van der Waals surface area (Å²) in [6.45, 7) is 4.78. The number of rotatable bonds is 5. The molecular formula is C10H22O4. The molecule has 0 fully saturated rings. The maximum Gasteiger partial charge on any atom is 0.0953 e. The van der Waals surface area contributed by atoms with Gasteiger partial charge in [-0.2, -0.15) is 0 Å². The molecule has 0 radical (unpaired) electrons. The van der Waals surface area contributed by atoms with Crippen LogP contribution in [-0.2, 0) is 0 Å². The highest BCUT2D eigenvalue weighted by molar-refractivity contribution is 4.92. The molecule has 0 saturated carbocycles. The van der Waals surface area contributed by atoms with Crippen LogP contribution in [0.15, 0.2) is 0 Å². The van der Waals surface area contributed by atoms with Crippen molar-refractivity contribution >= 4 is 0 Å². The van der Waals surface area contributed by atoms with Crippen LogP contribution in [0.4, 0.5) is 0 Å². The molecule has 0 aromatic carbocycles. The maximum atomic E-state index is 10.0. The fourth-order valence-electron chi connectivity index (χ4n) is 1.81. The molecule has 0 spiro atoms. The zero-order valence-corrected chi connectivity index (χ0v) is 9.19. The standard InChI is InChI=1S/C10H22O4/c1-9(2,3)8(6-12)10(14,7-13)4-5-11/h8,11-14H,4-7H2,1-3H3. The van der Waals surface area contributed by atoms with Gasteiger partial charge in [-0.3, -0.25) is 0 Å². The highest BCUT2D eigenvalue weighted by Crippen LogP contribution is 2.36. The Labute approximate surface area is 85.2 Å². The summed E-state index contributed by atoms with van der Waals surface area (Å²) in [5.41, 5.74) is -1.72. The fraction of sp³-hybridized carbons (Fsp3) is 1.00. The lowest BCUT2D eigenvalue weighted by Gasteiger charge is -2.41. The maximum absolute atomic E-state index is 10.0. The molecule has 2 atom stereocenters. The van der Waals surface area contributed by atoms with Gasteiger partial charge in [0.1, 0.15) is 0 Å². The molecule has 14 heavy (non-hydrogen) atoms.